The zero-order chi connectivity index (χ0) is 21.9. The molecule has 0 saturated carbocycles. The first-order chi connectivity index (χ1) is 14.2. The summed E-state index contributed by atoms with van der Waals surface area (Å²) in [6, 6.07) is 10.0. The SMILES string of the molecule is COc1cccc(-c2nnc(SCC(=O)Nc3cc(C(F)(F)F)ccc3Cl)n2C)c1. The number of nitrogens with zero attached hydrogens (tertiary/aromatic N) is 3. The third-order valence-electron chi connectivity index (χ3n) is 4.06. The standard InChI is InChI=1S/C19H16ClF3N4O2S/c1-27-17(11-4-3-5-13(8-11)29-2)25-26-18(27)30-10-16(28)24-15-9-12(19(21,22)23)6-7-14(15)20/h3-9H,10H2,1-2H3,(H,24,28). The molecule has 30 heavy (non-hydrogen) atoms. The van der Waals surface area contributed by atoms with E-state index in [1.165, 1.54) is 0 Å². The van der Waals surface area contributed by atoms with Crippen LogP contribution in [0, 0.1) is 0 Å². The lowest BCUT2D eigenvalue weighted by Crippen LogP contribution is -2.16. The third kappa shape index (κ3) is 5.06. The van der Waals surface area contributed by atoms with E-state index in [0.29, 0.717) is 16.7 Å². The number of methoxy groups -OCH3 is 1. The first kappa shape index (κ1) is 22.0. The summed E-state index contributed by atoms with van der Waals surface area (Å²) in [7, 11) is 3.31. The quantitative estimate of drug-likeness (QED) is 0.535. The van der Waals surface area contributed by atoms with Crippen LogP contribution in [0.25, 0.3) is 11.4 Å². The summed E-state index contributed by atoms with van der Waals surface area (Å²) >= 11 is 7.00. The van der Waals surface area contributed by atoms with Gasteiger partial charge in [-0.25, -0.2) is 0 Å². The van der Waals surface area contributed by atoms with Gasteiger partial charge in [0.25, 0.3) is 0 Å². The molecule has 11 heteroatoms. The Morgan fingerprint density at radius 3 is 2.70 bits per heavy atom. The number of hydrogen-bond donors (Lipinski definition) is 1. The summed E-state index contributed by atoms with van der Waals surface area (Å²) in [4.78, 5) is 12.2. The Labute approximate surface area is 179 Å². The first-order valence-corrected chi connectivity index (χ1v) is 9.88. The van der Waals surface area contributed by atoms with Gasteiger partial charge in [0.1, 0.15) is 5.75 Å². The van der Waals surface area contributed by atoms with Gasteiger partial charge in [0.15, 0.2) is 11.0 Å². The van der Waals surface area contributed by atoms with Gasteiger partial charge >= 0.3 is 6.18 Å². The average Bonchev–Trinajstić information content (AvgIpc) is 3.07. The lowest BCUT2D eigenvalue weighted by atomic mass is 10.2. The predicted molar refractivity (Wildman–Crippen MR) is 109 cm³/mol. The number of anilines is 1. The number of benzene rings is 2. The summed E-state index contributed by atoms with van der Waals surface area (Å²) in [6.45, 7) is 0. The topological polar surface area (TPSA) is 69.0 Å². The van der Waals surface area contributed by atoms with Crippen LogP contribution in [-0.2, 0) is 18.0 Å². The highest BCUT2D eigenvalue weighted by atomic mass is 35.5. The van der Waals surface area contributed by atoms with Gasteiger partial charge in [0, 0.05) is 12.6 Å². The number of hydrogen-bond acceptors (Lipinski definition) is 5. The molecule has 0 spiro atoms. The van der Waals surface area contributed by atoms with Crippen LogP contribution in [0.15, 0.2) is 47.6 Å². The fourth-order valence-electron chi connectivity index (χ4n) is 2.57. The van der Waals surface area contributed by atoms with Crippen LogP contribution in [0.1, 0.15) is 5.56 Å². The van der Waals surface area contributed by atoms with E-state index in [0.717, 1.165) is 35.5 Å². The van der Waals surface area contributed by atoms with Crippen molar-refractivity contribution in [2.75, 3.05) is 18.2 Å². The maximum atomic E-state index is 12.9. The van der Waals surface area contributed by atoms with E-state index < -0.39 is 17.6 Å². The maximum Gasteiger partial charge on any atom is 0.416 e. The summed E-state index contributed by atoms with van der Waals surface area (Å²) in [5, 5.41) is 11.1. The van der Waals surface area contributed by atoms with Crippen LogP contribution < -0.4 is 10.1 Å². The largest absolute Gasteiger partial charge is 0.497 e. The van der Waals surface area contributed by atoms with Gasteiger partial charge in [-0.15, -0.1) is 10.2 Å². The van der Waals surface area contributed by atoms with Crippen molar-refractivity contribution < 1.29 is 22.7 Å². The fourth-order valence-corrected chi connectivity index (χ4v) is 3.44. The Morgan fingerprint density at radius 2 is 2.00 bits per heavy atom. The maximum absolute atomic E-state index is 12.9. The smallest absolute Gasteiger partial charge is 0.416 e. The van der Waals surface area contributed by atoms with Crippen LogP contribution in [0.2, 0.25) is 5.02 Å². The van der Waals surface area contributed by atoms with E-state index in [9.17, 15) is 18.0 Å². The molecule has 0 unspecified atom stereocenters. The van der Waals surface area contributed by atoms with E-state index in [4.69, 9.17) is 16.3 Å². The number of aromatic nitrogens is 3. The van der Waals surface area contributed by atoms with Gasteiger partial charge in [0.05, 0.1) is 29.1 Å². The van der Waals surface area contributed by atoms with Crippen LogP contribution in [0.3, 0.4) is 0 Å². The number of ether oxygens (including phenoxy) is 1. The highest BCUT2D eigenvalue weighted by Crippen LogP contribution is 2.34. The van der Waals surface area contributed by atoms with Crippen molar-refractivity contribution in [3.05, 3.63) is 53.1 Å². The number of nitrogens with one attached hydrogen (secondary N) is 1. The fraction of sp³-hybridized carbons (Fsp3) is 0.211. The minimum atomic E-state index is -4.53. The molecule has 3 aromatic rings. The van der Waals surface area contributed by atoms with Crippen molar-refractivity contribution in [3.8, 4) is 17.1 Å². The van der Waals surface area contributed by atoms with Gasteiger partial charge in [0.2, 0.25) is 5.91 Å². The molecule has 0 aliphatic heterocycles. The van der Waals surface area contributed by atoms with Gasteiger partial charge in [-0.3, -0.25) is 4.79 Å². The molecule has 0 radical (unpaired) electrons. The molecule has 0 fully saturated rings. The molecule has 0 bridgehead atoms. The monoisotopic (exact) mass is 456 g/mol. The second-order valence-corrected chi connectivity index (χ2v) is 7.48. The Balaban J connectivity index is 1.68. The molecule has 1 heterocycles. The molecule has 1 aromatic heterocycles. The molecule has 2 aromatic carbocycles. The summed E-state index contributed by atoms with van der Waals surface area (Å²) in [6.07, 6.45) is -4.53. The molecule has 1 amide bonds. The normalized spacial score (nSPS) is 11.4. The molecular weight excluding hydrogens is 441 g/mol. The second-order valence-electron chi connectivity index (χ2n) is 6.13. The number of amides is 1. The average molecular weight is 457 g/mol. The molecule has 1 N–H and O–H groups in total. The van der Waals surface area contributed by atoms with E-state index >= 15 is 0 Å². The van der Waals surface area contributed by atoms with E-state index in [1.807, 2.05) is 12.1 Å². The van der Waals surface area contributed by atoms with Crippen LogP contribution in [0.5, 0.6) is 5.75 Å². The Bertz CT molecular complexity index is 1070. The molecule has 0 saturated heterocycles. The molecule has 3 rings (SSSR count). The predicted octanol–water partition coefficient (Wildman–Crippen LogP) is 4.89. The van der Waals surface area contributed by atoms with Crippen LogP contribution in [0.4, 0.5) is 18.9 Å². The number of carbonyl (C=O) groups is 1. The highest BCUT2D eigenvalue weighted by molar-refractivity contribution is 7.99. The Morgan fingerprint density at radius 1 is 1.23 bits per heavy atom. The van der Waals surface area contributed by atoms with Crippen molar-refractivity contribution in [2.45, 2.75) is 11.3 Å². The van der Waals surface area contributed by atoms with Crippen molar-refractivity contribution in [3.63, 3.8) is 0 Å². The molecule has 0 aliphatic carbocycles. The van der Waals surface area contributed by atoms with Crippen LogP contribution in [-0.4, -0.2) is 33.5 Å². The number of rotatable bonds is 6. The van der Waals surface area contributed by atoms with Crippen molar-refractivity contribution in [1.29, 1.82) is 0 Å². The first-order valence-electron chi connectivity index (χ1n) is 8.52. The molecule has 6 nitrogen and oxygen atoms in total. The Kier molecular flexibility index (Phi) is 6.57. The molecule has 158 valence electrons. The van der Waals surface area contributed by atoms with Gasteiger partial charge in [-0.1, -0.05) is 35.5 Å². The van der Waals surface area contributed by atoms with Crippen molar-refractivity contribution in [2.24, 2.45) is 7.05 Å². The molecule has 0 aliphatic rings. The zero-order valence-corrected chi connectivity index (χ0v) is 17.4. The van der Waals surface area contributed by atoms with Gasteiger partial charge in [-0.2, -0.15) is 13.2 Å². The second kappa shape index (κ2) is 8.97. The van der Waals surface area contributed by atoms with E-state index in [2.05, 4.69) is 15.5 Å². The van der Waals surface area contributed by atoms with Gasteiger partial charge in [-0.05, 0) is 30.3 Å². The summed E-state index contributed by atoms with van der Waals surface area (Å²) in [5.41, 5.74) is -0.213. The lowest BCUT2D eigenvalue weighted by molar-refractivity contribution is -0.137. The minimum absolute atomic E-state index is 0.0142. The minimum Gasteiger partial charge on any atom is -0.497 e. The van der Waals surface area contributed by atoms with Crippen molar-refractivity contribution >= 4 is 35.0 Å². The number of thioether (sulfide) groups is 1. The van der Waals surface area contributed by atoms with Crippen LogP contribution >= 0.6 is 23.4 Å². The summed E-state index contributed by atoms with van der Waals surface area (Å²) in [5.74, 6) is 0.642. The van der Waals surface area contributed by atoms with Crippen molar-refractivity contribution in [1.82, 2.24) is 14.8 Å². The van der Waals surface area contributed by atoms with E-state index in [-0.39, 0.29) is 16.5 Å². The zero-order valence-electron chi connectivity index (χ0n) is 15.8. The number of halogens is 4. The number of carbonyl (C=O) groups excluding carboxylic acids is 1. The Hall–Kier alpha value is -2.72. The highest BCUT2D eigenvalue weighted by Gasteiger charge is 2.31. The lowest BCUT2D eigenvalue weighted by Gasteiger charge is -2.11. The summed E-state index contributed by atoms with van der Waals surface area (Å²) < 4.78 is 45.5. The van der Waals surface area contributed by atoms with E-state index in [1.54, 1.807) is 30.9 Å². The third-order valence-corrected chi connectivity index (χ3v) is 5.41. The molecule has 0 atom stereocenters. The number of alkyl halides is 3. The van der Waals surface area contributed by atoms with Gasteiger partial charge < -0.3 is 14.6 Å². The molecular formula is C19H16ClF3N4O2S.